The summed E-state index contributed by atoms with van der Waals surface area (Å²) in [4.78, 5) is 7.01. The minimum atomic E-state index is 0.372. The highest BCUT2D eigenvalue weighted by atomic mass is 15.4. The Hall–Kier alpha value is -1.62. The predicted octanol–water partition coefficient (Wildman–Crippen LogP) is 1.93. The Morgan fingerprint density at radius 2 is 2.16 bits per heavy atom. The van der Waals surface area contributed by atoms with Crippen molar-refractivity contribution in [2.75, 3.05) is 25.0 Å². The maximum absolute atomic E-state index is 4.51. The van der Waals surface area contributed by atoms with E-state index in [-0.39, 0.29) is 0 Å². The van der Waals surface area contributed by atoms with Crippen LogP contribution in [0.1, 0.15) is 25.3 Å². The van der Waals surface area contributed by atoms with Gasteiger partial charge in [0.15, 0.2) is 5.65 Å². The molecule has 0 amide bonds. The summed E-state index contributed by atoms with van der Waals surface area (Å²) in [7, 11) is 0. The van der Waals surface area contributed by atoms with E-state index in [9.17, 15) is 0 Å². The van der Waals surface area contributed by atoms with Gasteiger partial charge in [0, 0.05) is 18.8 Å². The van der Waals surface area contributed by atoms with Crippen LogP contribution in [-0.4, -0.2) is 45.2 Å². The summed E-state index contributed by atoms with van der Waals surface area (Å²) >= 11 is 0. The van der Waals surface area contributed by atoms with E-state index in [1.807, 2.05) is 22.8 Å². The summed E-state index contributed by atoms with van der Waals surface area (Å²) in [6.07, 6.45) is 4.62. The normalized spacial score (nSPS) is 18.0. The summed E-state index contributed by atoms with van der Waals surface area (Å²) in [6, 6.07) is 4.46. The lowest BCUT2D eigenvalue weighted by Gasteiger charge is -2.20. The summed E-state index contributed by atoms with van der Waals surface area (Å²) in [5.74, 6) is 0.720. The van der Waals surface area contributed by atoms with Gasteiger partial charge in [-0.1, -0.05) is 0 Å². The van der Waals surface area contributed by atoms with E-state index in [0.717, 1.165) is 18.1 Å². The fourth-order valence-electron chi connectivity index (χ4n) is 2.66. The number of likely N-dealkylation sites (tertiary alicyclic amines) is 1. The molecule has 0 aliphatic carbocycles. The minimum absolute atomic E-state index is 0.372. The zero-order chi connectivity index (χ0) is 13.2. The summed E-state index contributed by atoms with van der Waals surface area (Å²) in [6.45, 7) is 7.77. The third-order valence-corrected chi connectivity index (χ3v) is 3.60. The van der Waals surface area contributed by atoms with Gasteiger partial charge in [0.25, 0.3) is 0 Å². The second kappa shape index (κ2) is 5.17. The molecule has 1 aliphatic rings. The van der Waals surface area contributed by atoms with Gasteiger partial charge in [-0.25, -0.2) is 4.52 Å². The smallest absolute Gasteiger partial charge is 0.243 e. The second-order valence-corrected chi connectivity index (χ2v) is 5.50. The fourth-order valence-corrected chi connectivity index (χ4v) is 2.66. The van der Waals surface area contributed by atoms with E-state index in [1.54, 1.807) is 0 Å². The van der Waals surface area contributed by atoms with E-state index >= 15 is 0 Å². The molecule has 2 aromatic heterocycles. The highest BCUT2D eigenvalue weighted by Gasteiger charge is 2.15. The van der Waals surface area contributed by atoms with Crippen LogP contribution in [0.15, 0.2) is 18.3 Å². The second-order valence-electron chi connectivity index (χ2n) is 5.50. The molecule has 5 heteroatoms. The van der Waals surface area contributed by atoms with Gasteiger partial charge in [-0.15, -0.1) is 5.10 Å². The van der Waals surface area contributed by atoms with Gasteiger partial charge in [-0.3, -0.25) is 0 Å². The average Bonchev–Trinajstić information content (AvgIpc) is 2.97. The van der Waals surface area contributed by atoms with Crippen molar-refractivity contribution < 1.29 is 0 Å². The Balaban J connectivity index is 1.66. The third kappa shape index (κ3) is 2.87. The van der Waals surface area contributed by atoms with Gasteiger partial charge < -0.3 is 10.2 Å². The molecule has 102 valence electrons. The molecule has 1 atom stereocenters. The van der Waals surface area contributed by atoms with Crippen LogP contribution in [0, 0.1) is 6.92 Å². The Morgan fingerprint density at radius 1 is 1.37 bits per heavy atom. The van der Waals surface area contributed by atoms with Crippen molar-refractivity contribution in [3.05, 3.63) is 23.9 Å². The van der Waals surface area contributed by atoms with Crippen molar-refractivity contribution in [2.24, 2.45) is 0 Å². The maximum Gasteiger partial charge on any atom is 0.243 e. The van der Waals surface area contributed by atoms with Crippen LogP contribution in [0.2, 0.25) is 0 Å². The fraction of sp³-hybridized carbons (Fsp3) is 0.571. The molecule has 0 radical (unpaired) electrons. The largest absolute Gasteiger partial charge is 0.349 e. The molecule has 3 heterocycles. The van der Waals surface area contributed by atoms with E-state index in [1.165, 1.54) is 31.5 Å². The highest BCUT2D eigenvalue weighted by Crippen LogP contribution is 2.11. The molecular formula is C14H21N5. The van der Waals surface area contributed by atoms with Crippen molar-refractivity contribution in [3.63, 3.8) is 0 Å². The number of nitrogens with one attached hydrogen (secondary N) is 1. The van der Waals surface area contributed by atoms with Gasteiger partial charge in [-0.2, -0.15) is 4.98 Å². The molecule has 0 saturated carbocycles. The molecule has 0 bridgehead atoms. The molecule has 0 aromatic carbocycles. The molecule has 1 aliphatic heterocycles. The van der Waals surface area contributed by atoms with E-state index in [2.05, 4.69) is 34.1 Å². The van der Waals surface area contributed by atoms with Crippen molar-refractivity contribution in [3.8, 4) is 0 Å². The van der Waals surface area contributed by atoms with Crippen LogP contribution in [0.4, 0.5) is 5.95 Å². The lowest BCUT2D eigenvalue weighted by atomic mass is 10.3. The maximum atomic E-state index is 4.51. The number of fused-ring (bicyclic) bond motifs is 1. The Labute approximate surface area is 113 Å². The Morgan fingerprint density at radius 3 is 2.95 bits per heavy atom. The molecule has 2 aromatic rings. The SMILES string of the molecule is Cc1ccn2nc(NC(C)CN3CCCC3)nc2c1. The van der Waals surface area contributed by atoms with Gasteiger partial charge in [0.2, 0.25) is 5.95 Å². The number of rotatable bonds is 4. The highest BCUT2D eigenvalue weighted by molar-refractivity contribution is 5.45. The first-order valence-corrected chi connectivity index (χ1v) is 7.02. The van der Waals surface area contributed by atoms with Gasteiger partial charge in [0.1, 0.15) is 0 Å². The summed E-state index contributed by atoms with van der Waals surface area (Å²) < 4.78 is 1.82. The van der Waals surface area contributed by atoms with E-state index in [0.29, 0.717) is 6.04 Å². The summed E-state index contributed by atoms with van der Waals surface area (Å²) in [5, 5.41) is 7.84. The lowest BCUT2D eigenvalue weighted by Crippen LogP contribution is -2.33. The van der Waals surface area contributed by atoms with E-state index < -0.39 is 0 Å². The number of nitrogens with zero attached hydrogens (tertiary/aromatic N) is 4. The zero-order valence-corrected chi connectivity index (χ0v) is 11.6. The van der Waals surface area contributed by atoms with Gasteiger partial charge >= 0.3 is 0 Å². The number of hydrogen-bond acceptors (Lipinski definition) is 4. The Kier molecular flexibility index (Phi) is 3.38. The summed E-state index contributed by atoms with van der Waals surface area (Å²) in [5.41, 5.74) is 2.10. The molecule has 1 saturated heterocycles. The number of hydrogen-bond donors (Lipinski definition) is 1. The predicted molar refractivity (Wildman–Crippen MR) is 76.5 cm³/mol. The quantitative estimate of drug-likeness (QED) is 0.911. The zero-order valence-electron chi connectivity index (χ0n) is 11.6. The molecule has 0 spiro atoms. The molecular weight excluding hydrogens is 238 g/mol. The number of pyridine rings is 1. The molecule has 1 fully saturated rings. The molecule has 1 unspecified atom stereocenters. The standard InChI is InChI=1S/C14H21N5/c1-11-5-8-19-13(9-11)16-14(17-19)15-12(2)10-18-6-3-4-7-18/h5,8-9,12H,3-4,6-7,10H2,1-2H3,(H,15,17). The van der Waals surface area contributed by atoms with Crippen molar-refractivity contribution in [1.82, 2.24) is 19.5 Å². The first-order valence-electron chi connectivity index (χ1n) is 7.02. The van der Waals surface area contributed by atoms with Crippen LogP contribution in [0.5, 0.6) is 0 Å². The van der Waals surface area contributed by atoms with Crippen LogP contribution in [-0.2, 0) is 0 Å². The first-order chi connectivity index (χ1) is 9.20. The van der Waals surface area contributed by atoms with Crippen molar-refractivity contribution in [1.29, 1.82) is 0 Å². The van der Waals surface area contributed by atoms with E-state index in [4.69, 9.17) is 0 Å². The monoisotopic (exact) mass is 259 g/mol. The lowest BCUT2D eigenvalue weighted by molar-refractivity contribution is 0.327. The molecule has 3 rings (SSSR count). The van der Waals surface area contributed by atoms with Gasteiger partial charge in [-0.05, 0) is 57.5 Å². The topological polar surface area (TPSA) is 45.5 Å². The first kappa shape index (κ1) is 12.4. The number of aryl methyl sites for hydroxylation is 1. The van der Waals surface area contributed by atoms with Crippen LogP contribution < -0.4 is 5.32 Å². The van der Waals surface area contributed by atoms with Crippen molar-refractivity contribution in [2.45, 2.75) is 32.7 Å². The minimum Gasteiger partial charge on any atom is -0.349 e. The number of anilines is 1. The van der Waals surface area contributed by atoms with Gasteiger partial charge in [0.05, 0.1) is 0 Å². The van der Waals surface area contributed by atoms with Crippen LogP contribution in [0.25, 0.3) is 5.65 Å². The number of aromatic nitrogens is 3. The van der Waals surface area contributed by atoms with Crippen LogP contribution >= 0.6 is 0 Å². The average molecular weight is 259 g/mol. The van der Waals surface area contributed by atoms with Crippen LogP contribution in [0.3, 0.4) is 0 Å². The molecule has 19 heavy (non-hydrogen) atoms. The molecule has 1 N–H and O–H groups in total. The Bertz CT molecular complexity index is 556. The third-order valence-electron chi connectivity index (χ3n) is 3.60. The molecule has 5 nitrogen and oxygen atoms in total. The van der Waals surface area contributed by atoms with Crippen molar-refractivity contribution >= 4 is 11.6 Å².